The molecule has 0 saturated carbocycles. The van der Waals surface area contributed by atoms with Gasteiger partial charge in [0.05, 0.1) is 17.5 Å². The number of fused-ring (bicyclic) bond motifs is 1. The van der Waals surface area contributed by atoms with E-state index in [2.05, 4.69) is 41.2 Å². The van der Waals surface area contributed by atoms with Crippen molar-refractivity contribution in [2.45, 2.75) is 39.0 Å². The third kappa shape index (κ3) is 4.31. The van der Waals surface area contributed by atoms with Gasteiger partial charge >= 0.3 is 0 Å². The monoisotopic (exact) mass is 320 g/mol. The number of ether oxygens (including phenoxy) is 1. The highest BCUT2D eigenvalue weighted by molar-refractivity contribution is 5.82. The third-order valence-electron chi connectivity index (χ3n) is 4.17. The summed E-state index contributed by atoms with van der Waals surface area (Å²) >= 11 is 0. The first-order valence-electron chi connectivity index (χ1n) is 8.77. The maximum atomic E-state index is 5.86. The van der Waals surface area contributed by atoms with Gasteiger partial charge in [-0.05, 0) is 48.9 Å². The van der Waals surface area contributed by atoms with Gasteiger partial charge in [0, 0.05) is 0 Å². The number of rotatable bonds is 8. The summed E-state index contributed by atoms with van der Waals surface area (Å²) < 4.78 is 5.86. The lowest BCUT2D eigenvalue weighted by atomic mass is 10.0. The van der Waals surface area contributed by atoms with Crippen LogP contribution >= 0.6 is 0 Å². The fraction of sp³-hybridized carbons (Fsp3) is 0.333. The summed E-state index contributed by atoms with van der Waals surface area (Å²) in [4.78, 5) is 8.51. The first kappa shape index (κ1) is 16.4. The second-order valence-electron chi connectivity index (χ2n) is 6.07. The molecule has 0 unspecified atom stereocenters. The largest absolute Gasteiger partial charge is 0.477 e. The van der Waals surface area contributed by atoms with Gasteiger partial charge in [-0.15, -0.1) is 0 Å². The Labute approximate surface area is 143 Å². The summed E-state index contributed by atoms with van der Waals surface area (Å²) in [6.45, 7) is 2.91. The van der Waals surface area contributed by atoms with Crippen molar-refractivity contribution in [2.75, 3.05) is 6.61 Å². The van der Waals surface area contributed by atoms with Gasteiger partial charge < -0.3 is 4.74 Å². The SMILES string of the molecule is CCCc1ccc(CCCCOc2ncnc3ccccc23)cc1. The molecule has 3 nitrogen and oxygen atoms in total. The summed E-state index contributed by atoms with van der Waals surface area (Å²) in [5.41, 5.74) is 3.76. The smallest absolute Gasteiger partial charge is 0.224 e. The van der Waals surface area contributed by atoms with E-state index in [4.69, 9.17) is 4.74 Å². The van der Waals surface area contributed by atoms with Crippen molar-refractivity contribution in [3.05, 3.63) is 66.0 Å². The van der Waals surface area contributed by atoms with Crippen LogP contribution in [-0.2, 0) is 12.8 Å². The fourth-order valence-electron chi connectivity index (χ4n) is 2.86. The van der Waals surface area contributed by atoms with Crippen molar-refractivity contribution < 1.29 is 4.74 Å². The highest BCUT2D eigenvalue weighted by Gasteiger charge is 2.03. The van der Waals surface area contributed by atoms with Gasteiger partial charge in [0.2, 0.25) is 5.88 Å². The van der Waals surface area contributed by atoms with Crippen LogP contribution in [0.2, 0.25) is 0 Å². The highest BCUT2D eigenvalue weighted by atomic mass is 16.5. The summed E-state index contributed by atoms with van der Waals surface area (Å²) in [6.07, 6.45) is 7.18. The molecule has 2 aromatic carbocycles. The Hall–Kier alpha value is -2.42. The van der Waals surface area contributed by atoms with Gasteiger partial charge in [-0.1, -0.05) is 49.7 Å². The summed E-state index contributed by atoms with van der Waals surface area (Å²) in [7, 11) is 0. The van der Waals surface area contributed by atoms with Crippen LogP contribution in [0.1, 0.15) is 37.3 Å². The Kier molecular flexibility index (Phi) is 5.78. The molecule has 124 valence electrons. The van der Waals surface area contributed by atoms with E-state index in [9.17, 15) is 0 Å². The first-order chi connectivity index (χ1) is 11.9. The number of aryl methyl sites for hydroxylation is 2. The molecule has 0 aliphatic rings. The van der Waals surface area contributed by atoms with E-state index in [-0.39, 0.29) is 0 Å². The van der Waals surface area contributed by atoms with Crippen molar-refractivity contribution in [3.8, 4) is 5.88 Å². The predicted octanol–water partition coefficient (Wildman–Crippen LogP) is 4.98. The lowest BCUT2D eigenvalue weighted by molar-refractivity contribution is 0.299. The zero-order chi connectivity index (χ0) is 16.6. The minimum Gasteiger partial charge on any atom is -0.477 e. The molecule has 24 heavy (non-hydrogen) atoms. The zero-order valence-corrected chi connectivity index (χ0v) is 14.2. The fourth-order valence-corrected chi connectivity index (χ4v) is 2.86. The summed E-state index contributed by atoms with van der Waals surface area (Å²) in [6, 6.07) is 17.0. The molecule has 0 atom stereocenters. The molecule has 0 radical (unpaired) electrons. The number of hydrogen-bond donors (Lipinski definition) is 0. The normalized spacial score (nSPS) is 10.9. The molecule has 3 rings (SSSR count). The van der Waals surface area contributed by atoms with Crippen molar-refractivity contribution in [1.29, 1.82) is 0 Å². The topological polar surface area (TPSA) is 35.0 Å². The Balaban J connectivity index is 1.45. The van der Waals surface area contributed by atoms with E-state index in [1.54, 1.807) is 6.33 Å². The molecule has 1 heterocycles. The molecule has 0 aliphatic heterocycles. The van der Waals surface area contributed by atoms with Gasteiger partial charge in [-0.2, -0.15) is 0 Å². The first-order valence-corrected chi connectivity index (χ1v) is 8.77. The Bertz CT molecular complexity index is 763. The molecule has 0 saturated heterocycles. The Morgan fingerprint density at radius 2 is 1.58 bits per heavy atom. The van der Waals surface area contributed by atoms with Crippen molar-refractivity contribution in [2.24, 2.45) is 0 Å². The minimum absolute atomic E-state index is 0.685. The molecule has 0 N–H and O–H groups in total. The Morgan fingerprint density at radius 3 is 2.38 bits per heavy atom. The molecular weight excluding hydrogens is 296 g/mol. The van der Waals surface area contributed by atoms with Crippen LogP contribution in [0.15, 0.2) is 54.9 Å². The molecule has 3 aromatic rings. The number of hydrogen-bond acceptors (Lipinski definition) is 3. The van der Waals surface area contributed by atoms with Gasteiger partial charge in [0.1, 0.15) is 6.33 Å². The van der Waals surface area contributed by atoms with Gasteiger partial charge in [-0.25, -0.2) is 9.97 Å². The number of aromatic nitrogens is 2. The average molecular weight is 320 g/mol. The van der Waals surface area contributed by atoms with Crippen molar-refractivity contribution in [3.63, 3.8) is 0 Å². The van der Waals surface area contributed by atoms with Crippen molar-refractivity contribution >= 4 is 10.9 Å². The molecule has 0 fully saturated rings. The molecule has 1 aromatic heterocycles. The van der Waals surface area contributed by atoms with Crippen LogP contribution in [0.5, 0.6) is 5.88 Å². The van der Waals surface area contributed by atoms with E-state index in [0.717, 1.165) is 30.2 Å². The number of unbranched alkanes of at least 4 members (excludes halogenated alkanes) is 1. The van der Waals surface area contributed by atoms with Gasteiger partial charge in [-0.3, -0.25) is 0 Å². The zero-order valence-electron chi connectivity index (χ0n) is 14.2. The molecule has 0 amide bonds. The molecule has 0 bridgehead atoms. The molecule has 3 heteroatoms. The average Bonchev–Trinajstić information content (AvgIpc) is 2.63. The second-order valence-corrected chi connectivity index (χ2v) is 6.07. The molecular formula is C21H24N2O. The molecule has 0 spiro atoms. The van der Waals surface area contributed by atoms with Crippen LogP contribution < -0.4 is 4.74 Å². The predicted molar refractivity (Wildman–Crippen MR) is 98.4 cm³/mol. The van der Waals surface area contributed by atoms with Crippen LogP contribution in [0.4, 0.5) is 0 Å². The maximum Gasteiger partial charge on any atom is 0.224 e. The van der Waals surface area contributed by atoms with E-state index in [1.807, 2.05) is 24.3 Å². The number of nitrogens with zero attached hydrogens (tertiary/aromatic N) is 2. The lowest BCUT2D eigenvalue weighted by Gasteiger charge is -2.08. The van der Waals surface area contributed by atoms with E-state index < -0.39 is 0 Å². The van der Waals surface area contributed by atoms with Crippen LogP contribution in [0.3, 0.4) is 0 Å². The summed E-state index contributed by atoms with van der Waals surface area (Å²) in [5, 5.41) is 0.978. The van der Waals surface area contributed by atoms with Crippen LogP contribution in [0, 0.1) is 0 Å². The molecule has 0 aliphatic carbocycles. The highest BCUT2D eigenvalue weighted by Crippen LogP contribution is 2.20. The summed E-state index contributed by atoms with van der Waals surface area (Å²) in [5.74, 6) is 0.685. The lowest BCUT2D eigenvalue weighted by Crippen LogP contribution is -2.01. The standard InChI is InChI=1S/C21H24N2O/c1-2-7-17-11-13-18(14-12-17)8-5-6-15-24-21-19-9-3-4-10-20(19)22-16-23-21/h3-4,9-14,16H,2,5-8,15H2,1H3. The number of para-hydroxylation sites is 1. The maximum absolute atomic E-state index is 5.86. The van der Waals surface area contributed by atoms with Crippen molar-refractivity contribution in [1.82, 2.24) is 9.97 Å². The third-order valence-corrected chi connectivity index (χ3v) is 4.17. The van der Waals surface area contributed by atoms with E-state index in [0.29, 0.717) is 12.5 Å². The Morgan fingerprint density at radius 1 is 0.833 bits per heavy atom. The van der Waals surface area contributed by atoms with Gasteiger partial charge in [0.25, 0.3) is 0 Å². The minimum atomic E-state index is 0.685. The van der Waals surface area contributed by atoms with Gasteiger partial charge in [0.15, 0.2) is 0 Å². The van der Waals surface area contributed by atoms with E-state index >= 15 is 0 Å². The van der Waals surface area contributed by atoms with E-state index in [1.165, 1.54) is 24.0 Å². The second kappa shape index (κ2) is 8.44. The van der Waals surface area contributed by atoms with Crippen LogP contribution in [0.25, 0.3) is 10.9 Å². The van der Waals surface area contributed by atoms with Crippen LogP contribution in [-0.4, -0.2) is 16.6 Å². The number of benzene rings is 2. The quantitative estimate of drug-likeness (QED) is 0.549.